The number of rotatable bonds is 10. The monoisotopic (exact) mass is 565 g/mol. The highest BCUT2D eigenvalue weighted by Crippen LogP contribution is 2.41. The summed E-state index contributed by atoms with van der Waals surface area (Å²) in [5.41, 5.74) is 5.83. The van der Waals surface area contributed by atoms with Gasteiger partial charge in [-0.3, -0.25) is 14.5 Å². The number of nitrogens with zero attached hydrogens (tertiary/aromatic N) is 4. The van der Waals surface area contributed by atoms with Gasteiger partial charge in [0, 0.05) is 29.0 Å². The minimum Gasteiger partial charge on any atom is -0.479 e. The molecule has 2 aliphatic heterocycles. The zero-order valence-electron chi connectivity index (χ0n) is 19.2. The first-order chi connectivity index (χ1) is 17.7. The van der Waals surface area contributed by atoms with Crippen molar-refractivity contribution in [2.24, 2.45) is 12.2 Å². The van der Waals surface area contributed by atoms with Crippen molar-refractivity contribution in [2.75, 3.05) is 23.8 Å². The molecule has 0 radical (unpaired) electrons. The number of anilines is 1. The summed E-state index contributed by atoms with van der Waals surface area (Å²) in [5.74, 6) is -3.21. The third-order valence-corrected chi connectivity index (χ3v) is 8.49. The lowest BCUT2D eigenvalue weighted by Crippen LogP contribution is -2.71. The molecule has 2 atom stereocenters. The number of carbonyl (C=O) groups is 4. The van der Waals surface area contributed by atoms with E-state index in [1.54, 1.807) is 0 Å². The molecule has 2 amide bonds. The SMILES string of the molecule is C[n+]1ccccc1SCC1=C(C(=O)O)N2C(=O)[C@@H](NC(=O)/C(=N\OCC(=O)O)c3csc(N)n3)[C@H]2SC1. The van der Waals surface area contributed by atoms with Crippen LogP contribution >= 0.6 is 34.9 Å². The maximum atomic E-state index is 13.0. The molecule has 0 aromatic carbocycles. The van der Waals surface area contributed by atoms with Gasteiger partial charge in [0.15, 0.2) is 17.0 Å². The maximum absolute atomic E-state index is 13.0. The van der Waals surface area contributed by atoms with E-state index >= 15 is 0 Å². The molecule has 13 nitrogen and oxygen atoms in total. The largest absolute Gasteiger partial charge is 0.479 e. The second kappa shape index (κ2) is 11.2. The fraction of sp³-hybridized carbons (Fsp3) is 0.286. The highest BCUT2D eigenvalue weighted by molar-refractivity contribution is 8.01. The molecular formula is C21H21N6O7S3+. The molecule has 1 saturated heterocycles. The summed E-state index contributed by atoms with van der Waals surface area (Å²) in [6, 6.07) is 4.67. The third-order valence-electron chi connectivity index (χ3n) is 5.26. The number of nitrogens with two attached hydrogens (primary N) is 1. The Hall–Kier alpha value is -3.63. The van der Waals surface area contributed by atoms with E-state index in [1.165, 1.54) is 33.8 Å². The number of nitrogen functional groups attached to an aromatic ring is 1. The number of hydrogen-bond acceptors (Lipinski definition) is 11. The summed E-state index contributed by atoms with van der Waals surface area (Å²) in [4.78, 5) is 58.7. The van der Waals surface area contributed by atoms with Crippen molar-refractivity contribution in [1.82, 2.24) is 15.2 Å². The summed E-state index contributed by atoms with van der Waals surface area (Å²) in [6.07, 6.45) is 1.89. The van der Waals surface area contributed by atoms with E-state index in [-0.39, 0.29) is 22.2 Å². The lowest BCUT2D eigenvalue weighted by Gasteiger charge is -2.49. The van der Waals surface area contributed by atoms with Crippen molar-refractivity contribution in [1.29, 1.82) is 0 Å². The highest BCUT2D eigenvalue weighted by atomic mass is 32.2. The number of hydrogen-bond donors (Lipinski definition) is 4. The highest BCUT2D eigenvalue weighted by Gasteiger charge is 2.54. The second-order valence-corrected chi connectivity index (χ2v) is 10.7. The van der Waals surface area contributed by atoms with Gasteiger partial charge in [-0.2, -0.15) is 4.57 Å². The van der Waals surface area contributed by atoms with Crippen LogP contribution in [-0.4, -0.2) is 79.1 Å². The van der Waals surface area contributed by atoms with Gasteiger partial charge in [0.2, 0.25) is 11.6 Å². The van der Waals surface area contributed by atoms with E-state index in [0.717, 1.165) is 16.4 Å². The first-order valence-electron chi connectivity index (χ1n) is 10.6. The van der Waals surface area contributed by atoms with E-state index in [1.807, 2.05) is 36.0 Å². The number of amides is 2. The molecule has 1 fully saturated rings. The minimum absolute atomic E-state index is 0.0461. The number of fused-ring (bicyclic) bond motifs is 1. The van der Waals surface area contributed by atoms with Crippen LogP contribution in [-0.2, 0) is 31.1 Å². The number of aromatic nitrogens is 2. The first kappa shape index (κ1) is 26.4. The number of pyridine rings is 1. The molecular weight excluding hydrogens is 544 g/mol. The topological polar surface area (TPSA) is 188 Å². The molecule has 0 bridgehead atoms. The quantitative estimate of drug-likeness (QED) is 0.0989. The number of oxime groups is 1. The predicted octanol–water partition coefficient (Wildman–Crippen LogP) is -0.114. The van der Waals surface area contributed by atoms with Gasteiger partial charge >= 0.3 is 11.9 Å². The van der Waals surface area contributed by atoms with Crippen LogP contribution in [0.4, 0.5) is 5.13 Å². The molecule has 0 saturated carbocycles. The lowest BCUT2D eigenvalue weighted by atomic mass is 10.0. The number of carboxylic acids is 2. The Morgan fingerprint density at radius 3 is 2.81 bits per heavy atom. The lowest BCUT2D eigenvalue weighted by molar-refractivity contribution is -0.708. The minimum atomic E-state index is -1.30. The van der Waals surface area contributed by atoms with E-state index in [0.29, 0.717) is 17.1 Å². The predicted molar refractivity (Wildman–Crippen MR) is 135 cm³/mol. The zero-order chi connectivity index (χ0) is 26.7. The number of nitrogens with one attached hydrogen (secondary N) is 1. The molecule has 2 aromatic heterocycles. The number of thioether (sulfide) groups is 2. The Kier molecular flexibility index (Phi) is 7.99. The van der Waals surface area contributed by atoms with Crippen LogP contribution in [0.1, 0.15) is 5.69 Å². The smallest absolute Gasteiger partial charge is 0.352 e. The Labute approximate surface area is 222 Å². The summed E-state index contributed by atoms with van der Waals surface area (Å²) >= 11 is 3.83. The van der Waals surface area contributed by atoms with Gasteiger partial charge in [-0.05, 0) is 11.6 Å². The molecule has 0 spiro atoms. The van der Waals surface area contributed by atoms with E-state index in [9.17, 15) is 24.3 Å². The summed E-state index contributed by atoms with van der Waals surface area (Å²) in [5, 5.41) is 26.7. The second-order valence-electron chi connectivity index (χ2n) is 7.73. The van der Waals surface area contributed by atoms with Crippen molar-refractivity contribution in [3.05, 3.63) is 46.7 Å². The number of aryl methyl sites for hydroxylation is 1. The van der Waals surface area contributed by atoms with Crippen LogP contribution in [0.5, 0.6) is 0 Å². The Morgan fingerprint density at radius 1 is 1.38 bits per heavy atom. The van der Waals surface area contributed by atoms with Gasteiger partial charge in [0.05, 0.1) is 0 Å². The molecule has 4 heterocycles. The molecule has 2 aliphatic rings. The average molecular weight is 566 g/mol. The Bertz CT molecular complexity index is 1330. The summed E-state index contributed by atoms with van der Waals surface area (Å²) in [6.45, 7) is -0.792. The fourth-order valence-electron chi connectivity index (χ4n) is 3.58. The van der Waals surface area contributed by atoms with Gasteiger partial charge in [0.1, 0.15) is 29.9 Å². The van der Waals surface area contributed by atoms with Crippen molar-refractivity contribution in [3.63, 3.8) is 0 Å². The van der Waals surface area contributed by atoms with Crippen LogP contribution in [0.2, 0.25) is 0 Å². The molecule has 194 valence electrons. The summed E-state index contributed by atoms with van der Waals surface area (Å²) in [7, 11) is 1.89. The average Bonchev–Trinajstić information content (AvgIpc) is 3.29. The Morgan fingerprint density at radius 2 is 2.16 bits per heavy atom. The van der Waals surface area contributed by atoms with Gasteiger partial charge in [-0.15, -0.1) is 23.1 Å². The number of carbonyl (C=O) groups excluding carboxylic acids is 2. The third kappa shape index (κ3) is 5.70. The molecule has 0 unspecified atom stereocenters. The number of carboxylic acid groups (broad SMARTS) is 2. The number of thiazole rings is 1. The van der Waals surface area contributed by atoms with Crippen LogP contribution < -0.4 is 15.6 Å². The number of aliphatic carboxylic acids is 2. The Balaban J connectivity index is 1.49. The van der Waals surface area contributed by atoms with Crippen LogP contribution in [0.15, 0.2) is 51.2 Å². The van der Waals surface area contributed by atoms with Crippen LogP contribution in [0.25, 0.3) is 0 Å². The molecule has 5 N–H and O–H groups in total. The first-order valence-corrected chi connectivity index (χ1v) is 13.5. The maximum Gasteiger partial charge on any atom is 0.352 e. The van der Waals surface area contributed by atoms with E-state index in [2.05, 4.69) is 15.5 Å². The molecule has 2 aromatic rings. The van der Waals surface area contributed by atoms with Crippen LogP contribution in [0, 0.1) is 0 Å². The van der Waals surface area contributed by atoms with Gasteiger partial charge in [-0.25, -0.2) is 14.6 Å². The molecule has 0 aliphatic carbocycles. The fourth-order valence-corrected chi connectivity index (χ4v) is 6.60. The van der Waals surface area contributed by atoms with Crippen molar-refractivity contribution in [3.8, 4) is 0 Å². The van der Waals surface area contributed by atoms with Crippen molar-refractivity contribution in [2.45, 2.75) is 16.4 Å². The van der Waals surface area contributed by atoms with Gasteiger partial charge < -0.3 is 26.1 Å². The van der Waals surface area contributed by atoms with Crippen molar-refractivity contribution >= 4 is 69.5 Å². The van der Waals surface area contributed by atoms with Crippen LogP contribution in [0.3, 0.4) is 0 Å². The standard InChI is InChI=1S/C21H20N6O7S3/c1-26-5-3-2-4-12(26)35-7-10-8-36-19-15(18(31)27(19)16(10)20(32)33)24-17(30)14(25-34-6-13(28)29)11-9-37-21(22)23-11/h2-5,9,15,19H,6-8H2,1H3,(H4-,22,23,24,28,29,30,32,33)/p+1/b25-14-/t15-,19-/m1/s1. The molecule has 16 heteroatoms. The zero-order valence-corrected chi connectivity index (χ0v) is 21.6. The van der Waals surface area contributed by atoms with E-state index in [4.69, 9.17) is 15.7 Å². The number of β-lactam (4-membered cyclic amide) rings is 1. The van der Waals surface area contributed by atoms with E-state index < -0.39 is 41.8 Å². The van der Waals surface area contributed by atoms with Crippen molar-refractivity contribution < 1.29 is 38.8 Å². The normalized spacial score (nSPS) is 19.2. The molecule has 4 rings (SSSR count). The summed E-state index contributed by atoms with van der Waals surface area (Å²) < 4.78 is 1.92. The molecule has 37 heavy (non-hydrogen) atoms. The van der Waals surface area contributed by atoms with Gasteiger partial charge in [-0.1, -0.05) is 16.9 Å². The van der Waals surface area contributed by atoms with Gasteiger partial charge in [0.25, 0.3) is 11.8 Å².